The zero-order chi connectivity index (χ0) is 13.7. The molecule has 0 aliphatic carbocycles. The third-order valence-corrected chi connectivity index (χ3v) is 2.91. The lowest BCUT2D eigenvalue weighted by Gasteiger charge is -2.09. The van der Waals surface area contributed by atoms with Crippen molar-refractivity contribution in [3.05, 3.63) is 66.2 Å². The average molecular weight is 251 g/mol. The minimum atomic E-state index is -0.106. The van der Waals surface area contributed by atoms with E-state index in [0.29, 0.717) is 0 Å². The highest BCUT2D eigenvalue weighted by atomic mass is 16.1. The number of carbonyl (C=O) groups is 1. The first-order chi connectivity index (χ1) is 9.20. The molecule has 0 spiro atoms. The second-order valence-corrected chi connectivity index (χ2v) is 4.38. The highest BCUT2D eigenvalue weighted by molar-refractivity contribution is 5.99. The number of amides is 1. The number of hydrogen-bond donors (Lipinski definition) is 1. The van der Waals surface area contributed by atoms with Crippen LogP contribution in [0.3, 0.4) is 0 Å². The standard InChI is InChI=1S/C17H17NO/c1-3-7-17(19)18-15-11-10-13(2)16(12-15)14-8-5-4-6-9-14/h3-12H,1-2H3,(H,18,19)/b7-3+. The van der Waals surface area contributed by atoms with E-state index in [0.717, 1.165) is 16.8 Å². The molecule has 0 unspecified atom stereocenters. The molecule has 0 atom stereocenters. The van der Waals surface area contributed by atoms with Crippen molar-refractivity contribution in [3.63, 3.8) is 0 Å². The molecule has 2 aromatic rings. The summed E-state index contributed by atoms with van der Waals surface area (Å²) in [5, 5.41) is 2.85. The molecule has 0 bridgehead atoms. The molecule has 0 aliphatic heterocycles. The second-order valence-electron chi connectivity index (χ2n) is 4.38. The van der Waals surface area contributed by atoms with Crippen molar-refractivity contribution < 1.29 is 4.79 Å². The van der Waals surface area contributed by atoms with Gasteiger partial charge in [-0.2, -0.15) is 0 Å². The Labute approximate surface area is 113 Å². The highest BCUT2D eigenvalue weighted by Crippen LogP contribution is 2.26. The van der Waals surface area contributed by atoms with Gasteiger partial charge >= 0.3 is 0 Å². The van der Waals surface area contributed by atoms with Crippen molar-refractivity contribution in [1.82, 2.24) is 0 Å². The maximum absolute atomic E-state index is 11.5. The van der Waals surface area contributed by atoms with Gasteiger partial charge in [0.25, 0.3) is 0 Å². The Morgan fingerprint density at radius 2 is 1.84 bits per heavy atom. The molecule has 2 rings (SSSR count). The lowest BCUT2D eigenvalue weighted by Crippen LogP contribution is -2.07. The van der Waals surface area contributed by atoms with E-state index in [-0.39, 0.29) is 5.91 Å². The van der Waals surface area contributed by atoms with Crippen LogP contribution in [0.2, 0.25) is 0 Å². The van der Waals surface area contributed by atoms with Gasteiger partial charge < -0.3 is 5.32 Å². The normalized spacial score (nSPS) is 10.6. The van der Waals surface area contributed by atoms with Gasteiger partial charge in [-0.15, -0.1) is 0 Å². The Kier molecular flexibility index (Phi) is 4.14. The first kappa shape index (κ1) is 13.1. The summed E-state index contributed by atoms with van der Waals surface area (Å²) in [6.07, 6.45) is 3.24. The molecule has 0 heterocycles. The van der Waals surface area contributed by atoms with Crippen LogP contribution in [-0.2, 0) is 4.79 Å². The Morgan fingerprint density at radius 1 is 1.11 bits per heavy atom. The van der Waals surface area contributed by atoms with Crippen LogP contribution in [0.25, 0.3) is 11.1 Å². The summed E-state index contributed by atoms with van der Waals surface area (Å²) in [7, 11) is 0. The van der Waals surface area contributed by atoms with Gasteiger partial charge in [0.1, 0.15) is 0 Å². The third kappa shape index (κ3) is 3.32. The smallest absolute Gasteiger partial charge is 0.248 e. The molecule has 0 aliphatic rings. The zero-order valence-electron chi connectivity index (χ0n) is 11.2. The number of benzene rings is 2. The van der Waals surface area contributed by atoms with Crippen molar-refractivity contribution in [1.29, 1.82) is 0 Å². The van der Waals surface area contributed by atoms with E-state index in [1.165, 1.54) is 11.6 Å². The number of carbonyl (C=O) groups excluding carboxylic acids is 1. The van der Waals surface area contributed by atoms with Crippen molar-refractivity contribution in [2.24, 2.45) is 0 Å². The van der Waals surface area contributed by atoms with Crippen LogP contribution >= 0.6 is 0 Å². The second kappa shape index (κ2) is 6.01. The molecule has 2 nitrogen and oxygen atoms in total. The predicted octanol–water partition coefficient (Wildman–Crippen LogP) is 4.18. The van der Waals surface area contributed by atoms with E-state index in [4.69, 9.17) is 0 Å². The van der Waals surface area contributed by atoms with E-state index < -0.39 is 0 Å². The molecule has 0 aromatic heterocycles. The van der Waals surface area contributed by atoms with Crippen molar-refractivity contribution in [3.8, 4) is 11.1 Å². The molecule has 19 heavy (non-hydrogen) atoms. The van der Waals surface area contributed by atoms with Gasteiger partial charge in [-0.3, -0.25) is 4.79 Å². The Balaban J connectivity index is 2.33. The van der Waals surface area contributed by atoms with Gasteiger partial charge in [0.2, 0.25) is 5.91 Å². The average Bonchev–Trinajstić information content (AvgIpc) is 2.42. The Morgan fingerprint density at radius 3 is 2.53 bits per heavy atom. The number of allylic oxidation sites excluding steroid dienone is 1. The van der Waals surface area contributed by atoms with E-state index in [1.807, 2.05) is 43.3 Å². The molecule has 2 heteroatoms. The van der Waals surface area contributed by atoms with Crippen molar-refractivity contribution >= 4 is 11.6 Å². The number of anilines is 1. The number of rotatable bonds is 3. The summed E-state index contributed by atoms with van der Waals surface area (Å²) in [6, 6.07) is 16.1. The maximum atomic E-state index is 11.5. The number of aryl methyl sites for hydroxylation is 1. The van der Waals surface area contributed by atoms with Gasteiger partial charge in [0, 0.05) is 5.69 Å². The lowest BCUT2D eigenvalue weighted by atomic mass is 10.00. The van der Waals surface area contributed by atoms with E-state index >= 15 is 0 Å². The maximum Gasteiger partial charge on any atom is 0.248 e. The molecule has 0 fully saturated rings. The number of nitrogens with one attached hydrogen (secondary N) is 1. The zero-order valence-corrected chi connectivity index (χ0v) is 11.2. The first-order valence-electron chi connectivity index (χ1n) is 6.30. The molecule has 1 N–H and O–H groups in total. The predicted molar refractivity (Wildman–Crippen MR) is 80.1 cm³/mol. The van der Waals surface area contributed by atoms with Crippen LogP contribution in [0.1, 0.15) is 12.5 Å². The number of hydrogen-bond acceptors (Lipinski definition) is 1. The lowest BCUT2D eigenvalue weighted by molar-refractivity contribution is -0.111. The summed E-state index contributed by atoms with van der Waals surface area (Å²) in [4.78, 5) is 11.5. The van der Waals surface area contributed by atoms with Gasteiger partial charge in [-0.25, -0.2) is 0 Å². The molecule has 1 amide bonds. The summed E-state index contributed by atoms with van der Waals surface area (Å²) < 4.78 is 0. The summed E-state index contributed by atoms with van der Waals surface area (Å²) in [5.41, 5.74) is 4.30. The van der Waals surface area contributed by atoms with E-state index in [2.05, 4.69) is 24.4 Å². The van der Waals surface area contributed by atoms with E-state index in [9.17, 15) is 4.79 Å². The van der Waals surface area contributed by atoms with Gasteiger partial charge in [0.15, 0.2) is 0 Å². The monoisotopic (exact) mass is 251 g/mol. The van der Waals surface area contributed by atoms with Gasteiger partial charge in [-0.05, 0) is 48.7 Å². The molecule has 0 saturated heterocycles. The fraction of sp³-hybridized carbons (Fsp3) is 0.118. The van der Waals surface area contributed by atoms with Gasteiger partial charge in [0.05, 0.1) is 0 Å². The minimum Gasteiger partial charge on any atom is -0.323 e. The van der Waals surface area contributed by atoms with Crippen molar-refractivity contribution in [2.45, 2.75) is 13.8 Å². The minimum absolute atomic E-state index is 0.106. The first-order valence-corrected chi connectivity index (χ1v) is 6.30. The van der Waals surface area contributed by atoms with Crippen LogP contribution in [0.4, 0.5) is 5.69 Å². The topological polar surface area (TPSA) is 29.1 Å². The highest BCUT2D eigenvalue weighted by Gasteiger charge is 2.04. The fourth-order valence-corrected chi connectivity index (χ4v) is 1.96. The Hall–Kier alpha value is -2.35. The molecule has 0 saturated carbocycles. The molecular weight excluding hydrogens is 234 g/mol. The van der Waals surface area contributed by atoms with E-state index in [1.54, 1.807) is 6.08 Å². The quantitative estimate of drug-likeness (QED) is 0.815. The molecule has 96 valence electrons. The van der Waals surface area contributed by atoms with Crippen LogP contribution < -0.4 is 5.32 Å². The molecular formula is C17H17NO. The molecule has 2 aromatic carbocycles. The Bertz CT molecular complexity index is 600. The van der Waals surface area contributed by atoms with Crippen LogP contribution in [-0.4, -0.2) is 5.91 Å². The van der Waals surface area contributed by atoms with Crippen molar-refractivity contribution in [2.75, 3.05) is 5.32 Å². The third-order valence-electron chi connectivity index (χ3n) is 2.91. The summed E-state index contributed by atoms with van der Waals surface area (Å²) in [6.45, 7) is 3.89. The largest absolute Gasteiger partial charge is 0.323 e. The van der Waals surface area contributed by atoms with Crippen LogP contribution in [0.5, 0.6) is 0 Å². The summed E-state index contributed by atoms with van der Waals surface area (Å²) in [5.74, 6) is -0.106. The molecule has 0 radical (unpaired) electrons. The van der Waals surface area contributed by atoms with Gasteiger partial charge in [-0.1, -0.05) is 42.5 Å². The fourth-order valence-electron chi connectivity index (χ4n) is 1.96. The summed E-state index contributed by atoms with van der Waals surface area (Å²) >= 11 is 0. The SMILES string of the molecule is C/C=C/C(=O)Nc1ccc(C)c(-c2ccccc2)c1. The van der Waals surface area contributed by atoms with Crippen LogP contribution in [0, 0.1) is 6.92 Å². The van der Waals surface area contributed by atoms with Crippen LogP contribution in [0.15, 0.2) is 60.7 Å².